The van der Waals surface area contributed by atoms with Crippen LogP contribution in [-0.4, -0.2) is 33.6 Å². The average Bonchev–Trinajstić information content (AvgIpc) is 2.88. The number of carbonyl (C=O) groups excluding carboxylic acids is 3. The molecule has 2 aromatic rings. The van der Waals surface area contributed by atoms with Crippen molar-refractivity contribution in [1.82, 2.24) is 4.90 Å². The number of rotatable bonds is 4. The molecule has 1 fully saturated rings. The SMILES string of the molecule is Cc1cc(C)c(NC(=O)CN2C(=O)S/C(=C\c3ccc(O)c(I)c3)C2=O)c(C)c1. The molecular formula is C21H19IN2O4S. The van der Waals surface area contributed by atoms with Crippen LogP contribution in [0.4, 0.5) is 10.5 Å². The van der Waals surface area contributed by atoms with E-state index in [1.165, 1.54) is 6.07 Å². The standard InChI is InChI=1S/C21H19IN2O4S/c1-11-6-12(2)19(13(3)7-11)23-18(26)10-24-20(27)17(29-21(24)28)9-14-4-5-16(25)15(22)8-14/h4-9,25H,10H2,1-3H3,(H,23,26)/b17-9-. The van der Waals surface area contributed by atoms with Crippen molar-refractivity contribution in [3.63, 3.8) is 0 Å². The van der Waals surface area contributed by atoms with Gasteiger partial charge in [0.15, 0.2) is 0 Å². The molecule has 6 nitrogen and oxygen atoms in total. The van der Waals surface area contributed by atoms with Gasteiger partial charge in [-0.2, -0.15) is 0 Å². The fraction of sp³-hybridized carbons (Fsp3) is 0.190. The van der Waals surface area contributed by atoms with E-state index in [9.17, 15) is 19.5 Å². The van der Waals surface area contributed by atoms with Crippen LogP contribution in [-0.2, 0) is 9.59 Å². The summed E-state index contributed by atoms with van der Waals surface area (Å²) in [4.78, 5) is 38.6. The zero-order chi connectivity index (χ0) is 21.3. The number of benzene rings is 2. The quantitative estimate of drug-likeness (QED) is 0.453. The highest BCUT2D eigenvalue weighted by molar-refractivity contribution is 14.1. The van der Waals surface area contributed by atoms with Gasteiger partial charge >= 0.3 is 0 Å². The topological polar surface area (TPSA) is 86.7 Å². The van der Waals surface area contributed by atoms with Crippen molar-refractivity contribution in [2.75, 3.05) is 11.9 Å². The number of phenolic OH excluding ortho intramolecular Hbond substituents is 1. The molecule has 0 aliphatic carbocycles. The van der Waals surface area contributed by atoms with Gasteiger partial charge in [0, 0.05) is 5.69 Å². The molecule has 2 aromatic carbocycles. The first-order chi connectivity index (χ1) is 13.7. The molecule has 0 spiro atoms. The maximum Gasteiger partial charge on any atom is 0.294 e. The molecule has 3 amide bonds. The van der Waals surface area contributed by atoms with E-state index in [-0.39, 0.29) is 17.2 Å². The highest BCUT2D eigenvalue weighted by Crippen LogP contribution is 2.33. The summed E-state index contributed by atoms with van der Waals surface area (Å²) in [6.07, 6.45) is 1.58. The number of phenols is 1. The molecule has 0 aromatic heterocycles. The van der Waals surface area contributed by atoms with Crippen LogP contribution in [0.25, 0.3) is 6.08 Å². The molecule has 8 heteroatoms. The minimum Gasteiger partial charge on any atom is -0.507 e. The summed E-state index contributed by atoms with van der Waals surface area (Å²) >= 11 is 2.78. The van der Waals surface area contributed by atoms with Gasteiger partial charge in [0.1, 0.15) is 12.3 Å². The second-order valence-corrected chi connectivity index (χ2v) is 8.96. The van der Waals surface area contributed by atoms with Gasteiger partial charge < -0.3 is 10.4 Å². The first-order valence-electron chi connectivity index (χ1n) is 8.77. The number of hydrogen-bond acceptors (Lipinski definition) is 5. The number of nitrogens with one attached hydrogen (secondary N) is 1. The largest absolute Gasteiger partial charge is 0.507 e. The van der Waals surface area contributed by atoms with Crippen LogP contribution in [0, 0.1) is 24.3 Å². The maximum atomic E-state index is 12.6. The highest BCUT2D eigenvalue weighted by atomic mass is 127. The second kappa shape index (κ2) is 8.58. The molecule has 3 rings (SSSR count). The number of imide groups is 1. The van der Waals surface area contributed by atoms with Crippen LogP contribution < -0.4 is 5.32 Å². The Labute approximate surface area is 186 Å². The Bertz CT molecular complexity index is 1040. The first-order valence-corrected chi connectivity index (χ1v) is 10.7. The summed E-state index contributed by atoms with van der Waals surface area (Å²) in [6, 6.07) is 8.81. The Kier molecular flexibility index (Phi) is 6.33. The molecule has 1 aliphatic rings. The lowest BCUT2D eigenvalue weighted by Gasteiger charge is -2.15. The number of halogens is 1. The minimum atomic E-state index is -0.504. The minimum absolute atomic E-state index is 0.147. The van der Waals surface area contributed by atoms with Gasteiger partial charge in [-0.3, -0.25) is 19.3 Å². The number of carbonyl (C=O) groups is 3. The van der Waals surface area contributed by atoms with Crippen molar-refractivity contribution >= 4 is 63.2 Å². The van der Waals surface area contributed by atoms with E-state index >= 15 is 0 Å². The summed E-state index contributed by atoms with van der Waals surface area (Å²) < 4.78 is 0.638. The summed E-state index contributed by atoms with van der Waals surface area (Å²) in [5.74, 6) is -0.785. The molecule has 0 radical (unpaired) electrons. The van der Waals surface area contributed by atoms with Gasteiger partial charge in [-0.05, 0) is 90.0 Å². The number of aromatic hydroxyl groups is 1. The van der Waals surface area contributed by atoms with Crippen LogP contribution in [0.15, 0.2) is 35.2 Å². The van der Waals surface area contributed by atoms with E-state index in [0.29, 0.717) is 14.8 Å². The molecule has 0 unspecified atom stereocenters. The first kappa shape index (κ1) is 21.4. The van der Waals surface area contributed by atoms with Crippen molar-refractivity contribution < 1.29 is 19.5 Å². The van der Waals surface area contributed by atoms with Crippen molar-refractivity contribution in [2.24, 2.45) is 0 Å². The van der Waals surface area contributed by atoms with Gasteiger partial charge in [0.25, 0.3) is 11.1 Å². The molecule has 0 bridgehead atoms. The molecule has 150 valence electrons. The average molecular weight is 522 g/mol. The van der Waals surface area contributed by atoms with Crippen molar-refractivity contribution in [2.45, 2.75) is 20.8 Å². The number of nitrogens with zero attached hydrogens (tertiary/aromatic N) is 1. The summed E-state index contributed by atoms with van der Waals surface area (Å²) in [5, 5.41) is 11.9. The third-order valence-electron chi connectivity index (χ3n) is 4.39. The lowest BCUT2D eigenvalue weighted by atomic mass is 10.1. The van der Waals surface area contributed by atoms with Crippen molar-refractivity contribution in [3.05, 3.63) is 61.1 Å². The molecule has 0 atom stereocenters. The highest BCUT2D eigenvalue weighted by Gasteiger charge is 2.36. The fourth-order valence-electron chi connectivity index (χ4n) is 3.10. The predicted molar refractivity (Wildman–Crippen MR) is 123 cm³/mol. The number of aryl methyl sites for hydroxylation is 3. The Morgan fingerprint density at radius 3 is 2.45 bits per heavy atom. The Balaban J connectivity index is 1.74. The van der Waals surface area contributed by atoms with E-state index < -0.39 is 17.1 Å². The van der Waals surface area contributed by atoms with E-state index in [2.05, 4.69) is 5.32 Å². The van der Waals surface area contributed by atoms with Gasteiger partial charge in [-0.25, -0.2) is 0 Å². The molecular weight excluding hydrogens is 503 g/mol. The van der Waals surface area contributed by atoms with Crippen LogP contribution >= 0.6 is 34.4 Å². The van der Waals surface area contributed by atoms with Gasteiger partial charge in [0.05, 0.1) is 8.48 Å². The smallest absolute Gasteiger partial charge is 0.294 e. The van der Waals surface area contributed by atoms with Gasteiger partial charge in [-0.1, -0.05) is 23.8 Å². The van der Waals surface area contributed by atoms with Crippen LogP contribution in [0.5, 0.6) is 5.75 Å². The predicted octanol–water partition coefficient (Wildman–Crippen LogP) is 4.60. The van der Waals surface area contributed by atoms with Crippen LogP contribution in [0.1, 0.15) is 22.3 Å². The van der Waals surface area contributed by atoms with E-state index in [0.717, 1.165) is 33.4 Å². The third-order valence-corrected chi connectivity index (χ3v) is 6.16. The second-order valence-electron chi connectivity index (χ2n) is 6.80. The molecule has 29 heavy (non-hydrogen) atoms. The Morgan fingerprint density at radius 1 is 1.17 bits per heavy atom. The Hall–Kier alpha value is -2.33. The number of thioether (sulfide) groups is 1. The monoisotopic (exact) mass is 522 g/mol. The number of amides is 3. The molecule has 2 N–H and O–H groups in total. The van der Waals surface area contributed by atoms with Gasteiger partial charge in [0.2, 0.25) is 5.91 Å². The summed E-state index contributed by atoms with van der Waals surface area (Å²) in [6.45, 7) is 5.43. The maximum absolute atomic E-state index is 12.6. The normalized spacial score (nSPS) is 15.3. The number of anilines is 1. The fourth-order valence-corrected chi connectivity index (χ4v) is 4.48. The van der Waals surface area contributed by atoms with Crippen LogP contribution in [0.3, 0.4) is 0 Å². The van der Waals surface area contributed by atoms with E-state index in [1.807, 2.05) is 55.5 Å². The summed E-state index contributed by atoms with van der Waals surface area (Å²) in [5.41, 5.74) is 4.33. The van der Waals surface area contributed by atoms with Crippen LogP contribution in [0.2, 0.25) is 0 Å². The number of hydrogen-bond donors (Lipinski definition) is 2. The van der Waals surface area contributed by atoms with Crippen molar-refractivity contribution in [3.8, 4) is 5.75 Å². The molecule has 1 aliphatic heterocycles. The zero-order valence-corrected chi connectivity index (χ0v) is 19.1. The zero-order valence-electron chi connectivity index (χ0n) is 16.1. The van der Waals surface area contributed by atoms with Crippen molar-refractivity contribution in [1.29, 1.82) is 0 Å². The van der Waals surface area contributed by atoms with Gasteiger partial charge in [-0.15, -0.1) is 0 Å². The summed E-state index contributed by atoms with van der Waals surface area (Å²) in [7, 11) is 0. The third kappa shape index (κ3) is 4.81. The van der Waals surface area contributed by atoms with E-state index in [1.54, 1.807) is 18.2 Å². The molecule has 1 saturated heterocycles. The Morgan fingerprint density at radius 2 is 1.83 bits per heavy atom. The lowest BCUT2D eigenvalue weighted by Crippen LogP contribution is -2.36. The molecule has 1 heterocycles. The van der Waals surface area contributed by atoms with E-state index in [4.69, 9.17) is 0 Å². The lowest BCUT2D eigenvalue weighted by molar-refractivity contribution is -0.127. The molecule has 0 saturated carbocycles.